The average Bonchev–Trinajstić information content (AvgIpc) is 3.39. The van der Waals surface area contributed by atoms with Crippen LogP contribution in [0.3, 0.4) is 0 Å². The van der Waals surface area contributed by atoms with Gasteiger partial charge in [-0.3, -0.25) is 4.79 Å². The summed E-state index contributed by atoms with van der Waals surface area (Å²) in [5, 5.41) is 21.1. The number of carbonyl (C=O) groups excluding carboxylic acids is 1. The Morgan fingerprint density at radius 3 is 2.47 bits per heavy atom. The molecule has 0 spiro atoms. The molecule has 11 heteroatoms. The zero-order chi connectivity index (χ0) is 30.9. The number of fused-ring (bicyclic) bond motifs is 1. The zero-order valence-electron chi connectivity index (χ0n) is 24.3. The van der Waals surface area contributed by atoms with Crippen molar-refractivity contribution in [3.05, 3.63) is 100.0 Å². The van der Waals surface area contributed by atoms with Crippen molar-refractivity contribution in [2.24, 2.45) is 0 Å². The van der Waals surface area contributed by atoms with Gasteiger partial charge in [0.15, 0.2) is 5.65 Å². The number of methoxy groups -OCH3 is 2. The van der Waals surface area contributed by atoms with Gasteiger partial charge in [0.1, 0.15) is 17.3 Å². The molecule has 0 aliphatic rings. The number of nitrogens with one attached hydrogen (secondary N) is 2. The number of benzene rings is 3. The molecule has 0 saturated carbocycles. The van der Waals surface area contributed by atoms with Crippen molar-refractivity contribution in [1.29, 1.82) is 0 Å². The highest BCUT2D eigenvalue weighted by molar-refractivity contribution is 6.30. The summed E-state index contributed by atoms with van der Waals surface area (Å²) in [5.41, 5.74) is 4.58. The molecule has 2 aromatic heterocycles. The van der Waals surface area contributed by atoms with Gasteiger partial charge in [-0.2, -0.15) is 4.98 Å². The molecule has 0 aliphatic carbocycles. The van der Waals surface area contributed by atoms with E-state index in [9.17, 15) is 14.3 Å². The number of nitrogens with zero attached hydrogens (tertiary/aromatic N) is 3. The number of aromatic nitrogens is 3. The molecule has 43 heavy (non-hydrogen) atoms. The second-order valence-corrected chi connectivity index (χ2v) is 11.0. The van der Waals surface area contributed by atoms with E-state index in [4.69, 9.17) is 21.1 Å². The Morgan fingerprint density at radius 2 is 1.77 bits per heavy atom. The molecule has 0 saturated heterocycles. The van der Waals surface area contributed by atoms with E-state index in [1.54, 1.807) is 49.7 Å². The SMILES string of the molecule is COc1cc(-c2ccc3nc(Nc4c(C)cc(C(C)(C)O)cc4OC)nn3c2)ccc1C(=O)NCc1ccc(F)c(Cl)c1. The van der Waals surface area contributed by atoms with E-state index >= 15 is 0 Å². The van der Waals surface area contributed by atoms with Crippen molar-refractivity contribution < 1.29 is 23.8 Å². The summed E-state index contributed by atoms with van der Waals surface area (Å²) in [7, 11) is 3.07. The number of aliphatic hydroxyl groups is 1. The third-order valence-electron chi connectivity index (χ3n) is 7.01. The number of pyridine rings is 1. The van der Waals surface area contributed by atoms with Crippen LogP contribution in [0.15, 0.2) is 66.9 Å². The van der Waals surface area contributed by atoms with Gasteiger partial charge < -0.3 is 25.2 Å². The van der Waals surface area contributed by atoms with E-state index in [0.29, 0.717) is 39.9 Å². The fourth-order valence-corrected chi connectivity index (χ4v) is 4.84. The van der Waals surface area contributed by atoms with Gasteiger partial charge in [0.05, 0.1) is 36.1 Å². The third kappa shape index (κ3) is 6.40. The van der Waals surface area contributed by atoms with Crippen molar-refractivity contribution >= 4 is 34.8 Å². The molecule has 0 fully saturated rings. The number of ether oxygens (including phenoxy) is 2. The summed E-state index contributed by atoms with van der Waals surface area (Å²) in [4.78, 5) is 17.5. The molecule has 0 radical (unpaired) electrons. The molecule has 3 aromatic carbocycles. The predicted molar refractivity (Wildman–Crippen MR) is 164 cm³/mol. The van der Waals surface area contributed by atoms with Gasteiger partial charge in [-0.05, 0) is 85.5 Å². The maximum absolute atomic E-state index is 13.4. The topological polar surface area (TPSA) is 110 Å². The number of anilines is 2. The van der Waals surface area contributed by atoms with E-state index in [1.165, 1.54) is 19.2 Å². The fourth-order valence-electron chi connectivity index (χ4n) is 4.63. The van der Waals surface area contributed by atoms with Gasteiger partial charge in [0.25, 0.3) is 5.91 Å². The maximum atomic E-state index is 13.4. The number of hydrogen-bond donors (Lipinski definition) is 3. The summed E-state index contributed by atoms with van der Waals surface area (Å²) >= 11 is 5.85. The van der Waals surface area contributed by atoms with Gasteiger partial charge in [0.2, 0.25) is 5.95 Å². The summed E-state index contributed by atoms with van der Waals surface area (Å²) in [5.74, 6) is 0.479. The van der Waals surface area contributed by atoms with Crippen LogP contribution in [0.5, 0.6) is 11.5 Å². The highest BCUT2D eigenvalue weighted by Gasteiger charge is 2.21. The number of amides is 1. The lowest BCUT2D eigenvalue weighted by molar-refractivity contribution is 0.0783. The van der Waals surface area contributed by atoms with Gasteiger partial charge in [0, 0.05) is 18.3 Å². The van der Waals surface area contributed by atoms with E-state index in [1.807, 2.05) is 37.4 Å². The van der Waals surface area contributed by atoms with Crippen molar-refractivity contribution in [2.45, 2.75) is 32.9 Å². The molecule has 0 unspecified atom stereocenters. The summed E-state index contributed by atoms with van der Waals surface area (Å²) < 4.78 is 26.2. The van der Waals surface area contributed by atoms with Crippen LogP contribution in [-0.2, 0) is 12.1 Å². The fraction of sp³-hybridized carbons (Fsp3) is 0.219. The molecule has 2 heterocycles. The van der Waals surface area contributed by atoms with Crippen LogP contribution in [-0.4, -0.2) is 39.8 Å². The van der Waals surface area contributed by atoms with E-state index in [2.05, 4.69) is 20.7 Å². The lowest BCUT2D eigenvalue weighted by Crippen LogP contribution is -2.23. The second kappa shape index (κ2) is 11.9. The Kier molecular flexibility index (Phi) is 8.25. The van der Waals surface area contributed by atoms with Crippen LogP contribution in [0, 0.1) is 12.7 Å². The Bertz CT molecular complexity index is 1830. The normalized spacial score (nSPS) is 11.4. The van der Waals surface area contributed by atoms with Crippen molar-refractivity contribution in [3.8, 4) is 22.6 Å². The van der Waals surface area contributed by atoms with Crippen molar-refractivity contribution in [3.63, 3.8) is 0 Å². The number of rotatable bonds is 9. The van der Waals surface area contributed by atoms with Gasteiger partial charge in [-0.25, -0.2) is 8.91 Å². The van der Waals surface area contributed by atoms with Crippen LogP contribution < -0.4 is 20.1 Å². The molecule has 9 nitrogen and oxygen atoms in total. The minimum absolute atomic E-state index is 0.00314. The largest absolute Gasteiger partial charge is 0.496 e. The van der Waals surface area contributed by atoms with E-state index < -0.39 is 11.4 Å². The van der Waals surface area contributed by atoms with Crippen LogP contribution in [0.4, 0.5) is 16.0 Å². The van der Waals surface area contributed by atoms with Crippen LogP contribution in [0.25, 0.3) is 16.8 Å². The zero-order valence-corrected chi connectivity index (χ0v) is 25.1. The molecule has 0 bridgehead atoms. The third-order valence-corrected chi connectivity index (χ3v) is 7.30. The summed E-state index contributed by atoms with van der Waals surface area (Å²) in [6.07, 6.45) is 1.84. The minimum atomic E-state index is -1.02. The smallest absolute Gasteiger partial charge is 0.255 e. The predicted octanol–water partition coefficient (Wildman–Crippen LogP) is 6.42. The Morgan fingerprint density at radius 1 is 1.02 bits per heavy atom. The standard InChI is InChI=1S/C32H31ClFN5O4/c1-18-12-22(32(2,3)41)15-27(43-5)29(18)37-31-36-28-11-8-21(17-39(28)38-31)20-7-9-23(26(14-20)42-4)30(40)35-16-19-6-10-25(34)24(33)13-19/h6-15,17,41H,16H2,1-5H3,(H,35,40)(H,37,38). The average molecular weight is 604 g/mol. The summed E-state index contributed by atoms with van der Waals surface area (Å²) in [6, 6.07) is 17.0. The molecule has 3 N–H and O–H groups in total. The number of halogens is 2. The first kappa shape index (κ1) is 29.8. The lowest BCUT2D eigenvalue weighted by atomic mass is 9.95. The lowest BCUT2D eigenvalue weighted by Gasteiger charge is -2.21. The molecule has 1 amide bonds. The summed E-state index contributed by atoms with van der Waals surface area (Å²) in [6.45, 7) is 5.54. The van der Waals surface area contributed by atoms with Crippen LogP contribution in [0.1, 0.15) is 40.9 Å². The first-order valence-corrected chi connectivity index (χ1v) is 13.8. The highest BCUT2D eigenvalue weighted by atomic mass is 35.5. The molecule has 0 aliphatic heterocycles. The maximum Gasteiger partial charge on any atom is 0.255 e. The Hall–Kier alpha value is -4.67. The Labute approximate surface area is 253 Å². The Balaban J connectivity index is 1.36. The molecule has 5 rings (SSSR count). The van der Waals surface area contributed by atoms with Crippen molar-refractivity contribution in [1.82, 2.24) is 19.9 Å². The number of carbonyl (C=O) groups is 1. The number of hydrogen-bond acceptors (Lipinski definition) is 7. The van der Waals surface area contributed by atoms with Crippen LogP contribution in [0.2, 0.25) is 5.02 Å². The van der Waals surface area contributed by atoms with E-state index in [0.717, 1.165) is 22.3 Å². The minimum Gasteiger partial charge on any atom is -0.496 e. The molecular weight excluding hydrogens is 573 g/mol. The van der Waals surface area contributed by atoms with Crippen LogP contribution >= 0.6 is 11.6 Å². The van der Waals surface area contributed by atoms with Gasteiger partial charge >= 0.3 is 0 Å². The molecule has 0 atom stereocenters. The van der Waals surface area contributed by atoms with Gasteiger partial charge in [-0.15, -0.1) is 5.10 Å². The van der Waals surface area contributed by atoms with E-state index in [-0.39, 0.29) is 17.5 Å². The molecular formula is C32H31ClFN5O4. The first-order valence-electron chi connectivity index (χ1n) is 13.4. The molecule has 5 aromatic rings. The quantitative estimate of drug-likeness (QED) is 0.178. The second-order valence-electron chi connectivity index (χ2n) is 10.6. The molecule has 222 valence electrons. The number of aryl methyl sites for hydroxylation is 1. The van der Waals surface area contributed by atoms with Gasteiger partial charge in [-0.1, -0.05) is 29.8 Å². The monoisotopic (exact) mass is 603 g/mol. The first-order chi connectivity index (χ1) is 20.5. The van der Waals surface area contributed by atoms with Crippen molar-refractivity contribution in [2.75, 3.05) is 19.5 Å². The highest BCUT2D eigenvalue weighted by Crippen LogP contribution is 2.35.